The van der Waals surface area contributed by atoms with Gasteiger partial charge in [-0.3, -0.25) is 4.79 Å². The maximum atomic E-state index is 11.7. The van der Waals surface area contributed by atoms with Crippen molar-refractivity contribution in [3.05, 3.63) is 35.4 Å². The second kappa shape index (κ2) is 5.10. The molecule has 0 saturated carbocycles. The predicted molar refractivity (Wildman–Crippen MR) is 64.8 cm³/mol. The van der Waals surface area contributed by atoms with E-state index in [0.29, 0.717) is 35.3 Å². The number of halogens is 1. The van der Waals surface area contributed by atoms with Crippen LogP contribution in [-0.2, 0) is 0 Å². The van der Waals surface area contributed by atoms with E-state index >= 15 is 0 Å². The van der Waals surface area contributed by atoms with Crippen LogP contribution in [0.1, 0.15) is 10.4 Å². The molecule has 0 unspecified atom stereocenters. The molecule has 5 heteroatoms. The zero-order chi connectivity index (χ0) is 12.3. The van der Waals surface area contributed by atoms with Crippen molar-refractivity contribution in [1.82, 2.24) is 5.32 Å². The number of nitrogens with one attached hydrogen (secondary N) is 1. The third-order valence-corrected chi connectivity index (χ3v) is 2.38. The molecule has 1 aromatic carbocycles. The van der Waals surface area contributed by atoms with Gasteiger partial charge in [-0.15, -0.1) is 0 Å². The molecule has 1 aliphatic rings. The van der Waals surface area contributed by atoms with Gasteiger partial charge in [0.1, 0.15) is 13.2 Å². The average molecular weight is 254 g/mol. The zero-order valence-corrected chi connectivity index (χ0v) is 9.92. The Bertz CT molecular complexity index is 459. The van der Waals surface area contributed by atoms with Gasteiger partial charge < -0.3 is 14.8 Å². The topological polar surface area (TPSA) is 47.6 Å². The summed E-state index contributed by atoms with van der Waals surface area (Å²) in [5, 5.41) is 3.02. The van der Waals surface area contributed by atoms with Crippen LogP contribution in [0.2, 0.25) is 0 Å². The Kier molecular flexibility index (Phi) is 3.54. The van der Waals surface area contributed by atoms with E-state index in [4.69, 9.17) is 21.1 Å². The molecule has 0 saturated heterocycles. The van der Waals surface area contributed by atoms with Crippen LogP contribution < -0.4 is 14.8 Å². The van der Waals surface area contributed by atoms with Crippen molar-refractivity contribution in [2.45, 2.75) is 0 Å². The monoisotopic (exact) mass is 253 g/mol. The summed E-state index contributed by atoms with van der Waals surface area (Å²) in [5.41, 5.74) is 0.507. The molecule has 1 aromatic rings. The van der Waals surface area contributed by atoms with Crippen LogP contribution in [0, 0.1) is 0 Å². The van der Waals surface area contributed by atoms with Gasteiger partial charge in [-0.05, 0) is 18.2 Å². The third kappa shape index (κ3) is 2.91. The number of hydrogen-bond donors (Lipinski definition) is 1. The normalized spacial score (nSPS) is 13.0. The molecule has 1 N–H and O–H groups in total. The minimum atomic E-state index is -0.219. The van der Waals surface area contributed by atoms with E-state index in [1.165, 1.54) is 0 Å². The molecule has 0 spiro atoms. The highest BCUT2D eigenvalue weighted by atomic mass is 35.5. The first-order valence-electron chi connectivity index (χ1n) is 5.18. The molecule has 0 bridgehead atoms. The van der Waals surface area contributed by atoms with E-state index < -0.39 is 0 Å². The Morgan fingerprint density at radius 1 is 1.35 bits per heavy atom. The Balaban J connectivity index is 2.11. The lowest BCUT2D eigenvalue weighted by Gasteiger charge is -2.18. The standard InChI is InChI=1S/C12H12ClNO3/c1-8(13)7-14-12(15)9-2-3-10-11(6-9)17-5-4-16-10/h2-3,6H,1,4-5,7H2,(H,14,15). The molecule has 17 heavy (non-hydrogen) atoms. The lowest BCUT2D eigenvalue weighted by Crippen LogP contribution is -2.24. The molecule has 1 heterocycles. The number of carbonyl (C=O) groups is 1. The fourth-order valence-corrected chi connectivity index (χ4v) is 1.53. The molecule has 0 radical (unpaired) electrons. The Morgan fingerprint density at radius 3 is 2.76 bits per heavy atom. The number of carbonyl (C=O) groups excluding carboxylic acids is 1. The molecular weight excluding hydrogens is 242 g/mol. The zero-order valence-electron chi connectivity index (χ0n) is 9.16. The molecule has 0 aliphatic carbocycles. The van der Waals surface area contributed by atoms with Gasteiger partial charge in [0.15, 0.2) is 11.5 Å². The van der Waals surface area contributed by atoms with Crippen molar-refractivity contribution < 1.29 is 14.3 Å². The van der Waals surface area contributed by atoms with Crippen molar-refractivity contribution in [1.29, 1.82) is 0 Å². The van der Waals surface area contributed by atoms with Crippen LogP contribution in [0.15, 0.2) is 29.8 Å². The maximum Gasteiger partial charge on any atom is 0.251 e. The molecular formula is C12H12ClNO3. The van der Waals surface area contributed by atoms with Gasteiger partial charge in [-0.1, -0.05) is 18.2 Å². The molecule has 2 rings (SSSR count). The summed E-state index contributed by atoms with van der Waals surface area (Å²) in [6, 6.07) is 5.06. The van der Waals surface area contributed by atoms with Crippen molar-refractivity contribution in [3.8, 4) is 11.5 Å². The van der Waals surface area contributed by atoms with Crippen LogP contribution >= 0.6 is 11.6 Å². The number of rotatable bonds is 3. The number of amides is 1. The summed E-state index contributed by atoms with van der Waals surface area (Å²) in [6.45, 7) is 4.77. The van der Waals surface area contributed by atoms with Gasteiger partial charge in [0, 0.05) is 10.6 Å². The van der Waals surface area contributed by atoms with Crippen molar-refractivity contribution in [2.24, 2.45) is 0 Å². The van der Waals surface area contributed by atoms with Crippen LogP contribution in [-0.4, -0.2) is 25.7 Å². The van der Waals surface area contributed by atoms with Gasteiger partial charge >= 0.3 is 0 Å². The SMILES string of the molecule is C=C(Cl)CNC(=O)c1ccc2c(c1)OCCO2. The summed E-state index contributed by atoms with van der Waals surface area (Å²) >= 11 is 5.57. The third-order valence-electron chi connectivity index (χ3n) is 2.25. The largest absolute Gasteiger partial charge is 0.486 e. The average Bonchev–Trinajstić information content (AvgIpc) is 2.35. The van der Waals surface area contributed by atoms with Gasteiger partial charge in [-0.2, -0.15) is 0 Å². The molecule has 1 amide bonds. The number of benzene rings is 1. The minimum absolute atomic E-state index is 0.219. The first kappa shape index (κ1) is 11.8. The van der Waals surface area contributed by atoms with Gasteiger partial charge in [0.25, 0.3) is 5.91 Å². The molecule has 90 valence electrons. The summed E-state index contributed by atoms with van der Waals surface area (Å²) in [7, 11) is 0. The van der Waals surface area contributed by atoms with Crippen LogP contribution in [0.5, 0.6) is 11.5 Å². The molecule has 0 fully saturated rings. The summed E-state index contributed by atoms with van der Waals surface area (Å²) in [6.07, 6.45) is 0. The maximum absolute atomic E-state index is 11.7. The van der Waals surface area contributed by atoms with E-state index in [-0.39, 0.29) is 12.5 Å². The minimum Gasteiger partial charge on any atom is -0.486 e. The van der Waals surface area contributed by atoms with E-state index in [2.05, 4.69) is 11.9 Å². The fourth-order valence-electron chi connectivity index (χ4n) is 1.46. The van der Waals surface area contributed by atoms with E-state index in [9.17, 15) is 4.79 Å². The summed E-state index contributed by atoms with van der Waals surface area (Å²) in [4.78, 5) is 11.7. The van der Waals surface area contributed by atoms with Crippen LogP contribution in [0.25, 0.3) is 0 Å². The van der Waals surface area contributed by atoms with E-state index in [1.54, 1.807) is 18.2 Å². The number of ether oxygens (including phenoxy) is 2. The smallest absolute Gasteiger partial charge is 0.251 e. The summed E-state index contributed by atoms with van der Waals surface area (Å²) in [5.74, 6) is 1.03. The van der Waals surface area contributed by atoms with Crippen molar-refractivity contribution >= 4 is 17.5 Å². The molecule has 0 aromatic heterocycles. The quantitative estimate of drug-likeness (QED) is 0.896. The van der Waals surface area contributed by atoms with Gasteiger partial charge in [-0.25, -0.2) is 0 Å². The van der Waals surface area contributed by atoms with E-state index in [0.717, 1.165) is 0 Å². The van der Waals surface area contributed by atoms with Crippen molar-refractivity contribution in [3.63, 3.8) is 0 Å². The highest BCUT2D eigenvalue weighted by Gasteiger charge is 2.14. The fraction of sp³-hybridized carbons (Fsp3) is 0.250. The Morgan fingerprint density at radius 2 is 2.06 bits per heavy atom. The highest BCUT2D eigenvalue weighted by molar-refractivity contribution is 6.29. The van der Waals surface area contributed by atoms with Crippen LogP contribution in [0.3, 0.4) is 0 Å². The molecule has 0 atom stereocenters. The highest BCUT2D eigenvalue weighted by Crippen LogP contribution is 2.30. The second-order valence-electron chi connectivity index (χ2n) is 3.56. The molecule has 4 nitrogen and oxygen atoms in total. The number of hydrogen-bond acceptors (Lipinski definition) is 3. The first-order chi connectivity index (χ1) is 8.16. The Labute approximate surface area is 104 Å². The number of fused-ring (bicyclic) bond motifs is 1. The summed E-state index contributed by atoms with van der Waals surface area (Å²) < 4.78 is 10.8. The predicted octanol–water partition coefficient (Wildman–Crippen LogP) is 1.94. The van der Waals surface area contributed by atoms with Crippen LogP contribution in [0.4, 0.5) is 0 Å². The second-order valence-corrected chi connectivity index (χ2v) is 4.09. The lowest BCUT2D eigenvalue weighted by atomic mass is 10.2. The van der Waals surface area contributed by atoms with E-state index in [1.807, 2.05) is 0 Å². The Hall–Kier alpha value is -1.68. The lowest BCUT2D eigenvalue weighted by molar-refractivity contribution is 0.0956. The molecule has 1 aliphatic heterocycles. The first-order valence-corrected chi connectivity index (χ1v) is 5.56. The van der Waals surface area contributed by atoms with Crippen molar-refractivity contribution in [2.75, 3.05) is 19.8 Å². The van der Waals surface area contributed by atoms with Gasteiger partial charge in [0.05, 0.1) is 6.54 Å². The van der Waals surface area contributed by atoms with Gasteiger partial charge in [0.2, 0.25) is 0 Å².